The van der Waals surface area contributed by atoms with E-state index in [1.165, 1.54) is 0 Å². The monoisotopic (exact) mass is 332 g/mol. The maximum atomic E-state index is 12.4. The van der Waals surface area contributed by atoms with Crippen molar-refractivity contribution < 1.29 is 19.1 Å². The van der Waals surface area contributed by atoms with Gasteiger partial charge in [-0.25, -0.2) is 0 Å². The molecule has 3 rings (SSSR count). The highest BCUT2D eigenvalue weighted by atomic mass is 16.7. The Morgan fingerprint density at radius 1 is 1.25 bits per heavy atom. The quantitative estimate of drug-likeness (QED) is 0.920. The first-order chi connectivity index (χ1) is 11.6. The molecule has 2 aliphatic heterocycles. The van der Waals surface area contributed by atoms with Gasteiger partial charge in [-0.3, -0.25) is 9.59 Å². The molecule has 2 heterocycles. The zero-order valence-corrected chi connectivity index (χ0v) is 14.2. The van der Waals surface area contributed by atoms with Gasteiger partial charge in [-0.05, 0) is 31.4 Å². The van der Waals surface area contributed by atoms with Gasteiger partial charge in [0.05, 0.1) is 0 Å². The highest BCUT2D eigenvalue weighted by Crippen LogP contribution is 2.34. The van der Waals surface area contributed by atoms with Gasteiger partial charge in [-0.1, -0.05) is 13.8 Å². The Hall–Kier alpha value is -2.24. The molecule has 1 aromatic carbocycles. The number of amides is 2. The van der Waals surface area contributed by atoms with E-state index in [0.29, 0.717) is 43.1 Å². The molecular formula is C18H24N2O4. The van der Waals surface area contributed by atoms with Crippen LogP contribution in [0.5, 0.6) is 11.5 Å². The summed E-state index contributed by atoms with van der Waals surface area (Å²) in [5.74, 6) is 1.56. The van der Waals surface area contributed by atoms with E-state index < -0.39 is 0 Å². The van der Waals surface area contributed by atoms with Crippen molar-refractivity contribution in [3.8, 4) is 11.5 Å². The van der Waals surface area contributed by atoms with Gasteiger partial charge in [-0.15, -0.1) is 0 Å². The van der Waals surface area contributed by atoms with Gasteiger partial charge in [-0.2, -0.15) is 0 Å². The first-order valence-corrected chi connectivity index (χ1v) is 8.57. The summed E-state index contributed by atoms with van der Waals surface area (Å²) >= 11 is 0. The van der Waals surface area contributed by atoms with Gasteiger partial charge in [0.1, 0.15) is 0 Å². The molecule has 6 nitrogen and oxygen atoms in total. The van der Waals surface area contributed by atoms with Crippen LogP contribution in [0.3, 0.4) is 0 Å². The molecule has 1 N–H and O–H groups in total. The van der Waals surface area contributed by atoms with Crippen molar-refractivity contribution >= 4 is 17.5 Å². The van der Waals surface area contributed by atoms with Crippen molar-refractivity contribution in [1.29, 1.82) is 0 Å². The first kappa shape index (κ1) is 16.6. The van der Waals surface area contributed by atoms with Crippen molar-refractivity contribution in [3.05, 3.63) is 18.2 Å². The molecule has 1 saturated heterocycles. The number of fused-ring (bicyclic) bond motifs is 1. The molecule has 0 aromatic heterocycles. The lowest BCUT2D eigenvalue weighted by molar-refractivity contribution is -0.138. The maximum Gasteiger partial charge on any atom is 0.231 e. The molecule has 6 heteroatoms. The van der Waals surface area contributed by atoms with E-state index in [-0.39, 0.29) is 30.4 Å². The molecule has 0 bridgehead atoms. The second-order valence-corrected chi connectivity index (χ2v) is 6.47. The Morgan fingerprint density at radius 3 is 2.67 bits per heavy atom. The third-order valence-corrected chi connectivity index (χ3v) is 4.85. The van der Waals surface area contributed by atoms with E-state index in [1.807, 2.05) is 24.8 Å². The molecule has 2 amide bonds. The zero-order chi connectivity index (χ0) is 17.1. The number of benzene rings is 1. The summed E-state index contributed by atoms with van der Waals surface area (Å²) in [5, 5.41) is 2.94. The van der Waals surface area contributed by atoms with Crippen LogP contribution in [0.2, 0.25) is 0 Å². The molecule has 2 aliphatic rings. The molecule has 1 fully saturated rings. The Bertz CT molecular complexity index is 623. The number of hydrogen-bond donors (Lipinski definition) is 1. The van der Waals surface area contributed by atoms with E-state index in [0.717, 1.165) is 6.42 Å². The van der Waals surface area contributed by atoms with Crippen LogP contribution in [0.1, 0.15) is 33.1 Å². The summed E-state index contributed by atoms with van der Waals surface area (Å²) < 4.78 is 10.6. The highest BCUT2D eigenvalue weighted by Gasteiger charge is 2.29. The van der Waals surface area contributed by atoms with Crippen LogP contribution in [-0.2, 0) is 9.59 Å². The van der Waals surface area contributed by atoms with E-state index >= 15 is 0 Å². The first-order valence-electron chi connectivity index (χ1n) is 8.57. The van der Waals surface area contributed by atoms with E-state index in [2.05, 4.69) is 5.32 Å². The lowest BCUT2D eigenvalue weighted by atomic mass is 9.94. The van der Waals surface area contributed by atoms with E-state index in [9.17, 15) is 9.59 Å². The van der Waals surface area contributed by atoms with Crippen LogP contribution in [0.15, 0.2) is 18.2 Å². The van der Waals surface area contributed by atoms with Crippen LogP contribution in [0.4, 0.5) is 5.69 Å². The van der Waals surface area contributed by atoms with Crippen molar-refractivity contribution in [2.75, 3.05) is 25.2 Å². The number of carbonyl (C=O) groups excluding carboxylic acids is 2. The number of carbonyl (C=O) groups is 2. The number of rotatable bonds is 4. The Balaban J connectivity index is 1.53. The third-order valence-electron chi connectivity index (χ3n) is 4.85. The average Bonchev–Trinajstić information content (AvgIpc) is 3.08. The molecule has 0 radical (unpaired) electrons. The molecule has 24 heavy (non-hydrogen) atoms. The van der Waals surface area contributed by atoms with Crippen LogP contribution < -0.4 is 14.8 Å². The number of hydrogen-bond acceptors (Lipinski definition) is 4. The predicted molar refractivity (Wildman–Crippen MR) is 90.0 cm³/mol. The summed E-state index contributed by atoms with van der Waals surface area (Å²) in [4.78, 5) is 26.5. The van der Waals surface area contributed by atoms with Gasteiger partial charge in [0.2, 0.25) is 18.6 Å². The van der Waals surface area contributed by atoms with Crippen molar-refractivity contribution in [2.45, 2.75) is 33.1 Å². The lowest BCUT2D eigenvalue weighted by Crippen LogP contribution is -2.43. The molecule has 0 aliphatic carbocycles. The summed E-state index contributed by atoms with van der Waals surface area (Å²) in [6.07, 6.45) is 2.26. The Morgan fingerprint density at radius 2 is 1.96 bits per heavy atom. The van der Waals surface area contributed by atoms with Crippen LogP contribution in [0.25, 0.3) is 0 Å². The van der Waals surface area contributed by atoms with Gasteiger partial charge >= 0.3 is 0 Å². The normalized spacial score (nSPS) is 18.3. The molecule has 1 unspecified atom stereocenters. The molecular weight excluding hydrogens is 308 g/mol. The second kappa shape index (κ2) is 7.11. The topological polar surface area (TPSA) is 67.9 Å². The average molecular weight is 332 g/mol. The van der Waals surface area contributed by atoms with Crippen LogP contribution in [0, 0.1) is 11.8 Å². The number of piperidine rings is 1. The minimum absolute atomic E-state index is 0.00417. The van der Waals surface area contributed by atoms with Gasteiger partial charge in [0.25, 0.3) is 0 Å². The number of nitrogens with zero attached hydrogens (tertiary/aromatic N) is 1. The van der Waals surface area contributed by atoms with Gasteiger partial charge in [0, 0.05) is 36.7 Å². The fraction of sp³-hybridized carbons (Fsp3) is 0.556. The summed E-state index contributed by atoms with van der Waals surface area (Å²) in [6.45, 7) is 5.51. The standard InChI is InChI=1S/C18H24N2O4/c1-3-12(2)18(22)20-8-6-13(7-9-20)17(21)19-14-4-5-15-16(10-14)24-11-23-15/h4-5,10,12-13H,3,6-9,11H2,1-2H3,(H,19,21). The van der Waals surface area contributed by atoms with Gasteiger partial charge < -0.3 is 19.7 Å². The minimum atomic E-state index is -0.0589. The molecule has 0 spiro atoms. The fourth-order valence-corrected chi connectivity index (χ4v) is 3.07. The number of likely N-dealkylation sites (tertiary alicyclic amines) is 1. The van der Waals surface area contributed by atoms with Crippen LogP contribution >= 0.6 is 0 Å². The smallest absolute Gasteiger partial charge is 0.231 e. The van der Waals surface area contributed by atoms with Crippen molar-refractivity contribution in [1.82, 2.24) is 4.90 Å². The third kappa shape index (κ3) is 3.47. The molecule has 130 valence electrons. The highest BCUT2D eigenvalue weighted by molar-refractivity contribution is 5.93. The number of ether oxygens (including phenoxy) is 2. The molecule has 0 saturated carbocycles. The van der Waals surface area contributed by atoms with E-state index in [4.69, 9.17) is 9.47 Å². The Labute approximate surface area is 142 Å². The summed E-state index contributed by atoms with van der Waals surface area (Å²) in [7, 11) is 0. The van der Waals surface area contributed by atoms with Gasteiger partial charge in [0.15, 0.2) is 11.5 Å². The SMILES string of the molecule is CCC(C)C(=O)N1CCC(C(=O)Nc2ccc3c(c2)OCO3)CC1. The zero-order valence-electron chi connectivity index (χ0n) is 14.2. The fourth-order valence-electron chi connectivity index (χ4n) is 3.07. The second-order valence-electron chi connectivity index (χ2n) is 6.47. The van der Waals surface area contributed by atoms with Crippen molar-refractivity contribution in [3.63, 3.8) is 0 Å². The van der Waals surface area contributed by atoms with Crippen LogP contribution in [-0.4, -0.2) is 36.6 Å². The predicted octanol–water partition coefficient (Wildman–Crippen LogP) is 2.64. The number of nitrogens with one attached hydrogen (secondary N) is 1. The number of anilines is 1. The van der Waals surface area contributed by atoms with Crippen molar-refractivity contribution in [2.24, 2.45) is 11.8 Å². The maximum absolute atomic E-state index is 12.4. The molecule has 1 aromatic rings. The Kier molecular flexibility index (Phi) is 4.92. The minimum Gasteiger partial charge on any atom is -0.454 e. The van der Waals surface area contributed by atoms with E-state index in [1.54, 1.807) is 12.1 Å². The largest absolute Gasteiger partial charge is 0.454 e. The lowest BCUT2D eigenvalue weighted by Gasteiger charge is -2.32. The molecule has 1 atom stereocenters. The summed E-state index contributed by atoms with van der Waals surface area (Å²) in [6, 6.07) is 5.39. The summed E-state index contributed by atoms with van der Waals surface area (Å²) in [5.41, 5.74) is 0.711.